The minimum absolute atomic E-state index is 0.701. The maximum Gasteiger partial charge on any atom is 0.0109 e. The van der Waals surface area contributed by atoms with E-state index in [0.29, 0.717) is 6.04 Å². The molecule has 0 amide bonds. The highest BCUT2D eigenvalue weighted by atomic mass is 15.2. The molecule has 3 heteroatoms. The predicted molar refractivity (Wildman–Crippen MR) is 77.7 cm³/mol. The summed E-state index contributed by atoms with van der Waals surface area (Å²) in [4.78, 5) is 4.87. The second-order valence-electron chi connectivity index (χ2n) is 5.18. The van der Waals surface area contributed by atoms with Crippen molar-refractivity contribution >= 4 is 0 Å². The van der Waals surface area contributed by atoms with Gasteiger partial charge in [0.05, 0.1) is 0 Å². The lowest BCUT2D eigenvalue weighted by atomic mass is 10.1. The molecular formula is C14H33N3. The third-order valence-corrected chi connectivity index (χ3v) is 3.33. The van der Waals surface area contributed by atoms with Gasteiger partial charge < -0.3 is 15.1 Å². The van der Waals surface area contributed by atoms with E-state index in [0.717, 1.165) is 0 Å². The Morgan fingerprint density at radius 2 is 1.71 bits per heavy atom. The van der Waals surface area contributed by atoms with Gasteiger partial charge in [-0.15, -0.1) is 0 Å². The molecule has 0 aliphatic heterocycles. The lowest BCUT2D eigenvalue weighted by Gasteiger charge is -2.24. The Morgan fingerprint density at radius 3 is 2.18 bits per heavy atom. The van der Waals surface area contributed by atoms with Crippen molar-refractivity contribution in [1.29, 1.82) is 0 Å². The van der Waals surface area contributed by atoms with E-state index >= 15 is 0 Å². The van der Waals surface area contributed by atoms with Gasteiger partial charge in [-0.2, -0.15) is 0 Å². The highest BCUT2D eigenvalue weighted by Crippen LogP contribution is 2.03. The third kappa shape index (κ3) is 9.57. The summed E-state index contributed by atoms with van der Waals surface area (Å²) in [5.74, 6) is 0. The fraction of sp³-hybridized carbons (Fsp3) is 1.00. The molecular weight excluding hydrogens is 210 g/mol. The molecule has 0 radical (unpaired) electrons. The molecule has 0 aliphatic carbocycles. The molecule has 1 N–H and O–H groups in total. The number of hydrogen-bond donors (Lipinski definition) is 1. The summed E-state index contributed by atoms with van der Waals surface area (Å²) in [7, 11) is 6.38. The highest BCUT2D eigenvalue weighted by molar-refractivity contribution is 4.65. The van der Waals surface area contributed by atoms with Crippen molar-refractivity contribution in [3.05, 3.63) is 0 Å². The van der Waals surface area contributed by atoms with Gasteiger partial charge in [0.2, 0.25) is 0 Å². The zero-order valence-electron chi connectivity index (χ0n) is 12.6. The standard InChI is InChI=1S/C14H33N3/c1-6-10-17(13-12-16(4)5)11-8-9-14(7-2)15-3/h14-15H,6-13H2,1-5H3. The third-order valence-electron chi connectivity index (χ3n) is 3.33. The van der Waals surface area contributed by atoms with Crippen molar-refractivity contribution in [2.45, 2.75) is 45.6 Å². The number of rotatable bonds is 11. The maximum atomic E-state index is 3.38. The lowest BCUT2D eigenvalue weighted by Crippen LogP contribution is -2.34. The van der Waals surface area contributed by atoms with Crippen LogP contribution >= 0.6 is 0 Å². The maximum absolute atomic E-state index is 3.38. The second-order valence-corrected chi connectivity index (χ2v) is 5.18. The van der Waals surface area contributed by atoms with E-state index in [2.05, 4.69) is 50.1 Å². The number of nitrogens with zero attached hydrogens (tertiary/aromatic N) is 2. The van der Waals surface area contributed by atoms with E-state index in [9.17, 15) is 0 Å². The van der Waals surface area contributed by atoms with Crippen molar-refractivity contribution in [2.75, 3.05) is 47.3 Å². The number of likely N-dealkylation sites (N-methyl/N-ethyl adjacent to an activating group) is 1. The monoisotopic (exact) mass is 243 g/mol. The zero-order chi connectivity index (χ0) is 13.1. The van der Waals surface area contributed by atoms with Gasteiger partial charge in [0.1, 0.15) is 0 Å². The van der Waals surface area contributed by atoms with Gasteiger partial charge in [-0.3, -0.25) is 0 Å². The first-order valence-electron chi connectivity index (χ1n) is 7.18. The molecule has 1 unspecified atom stereocenters. The van der Waals surface area contributed by atoms with E-state index in [1.54, 1.807) is 0 Å². The summed E-state index contributed by atoms with van der Waals surface area (Å²) >= 11 is 0. The molecule has 1 atom stereocenters. The molecule has 0 fully saturated rings. The van der Waals surface area contributed by atoms with Crippen molar-refractivity contribution < 1.29 is 0 Å². The quantitative estimate of drug-likeness (QED) is 0.599. The summed E-state index contributed by atoms with van der Waals surface area (Å²) in [5, 5.41) is 3.38. The van der Waals surface area contributed by atoms with Crippen molar-refractivity contribution in [2.24, 2.45) is 0 Å². The van der Waals surface area contributed by atoms with Crippen LogP contribution in [0.25, 0.3) is 0 Å². The van der Waals surface area contributed by atoms with Crippen molar-refractivity contribution in [1.82, 2.24) is 15.1 Å². The molecule has 17 heavy (non-hydrogen) atoms. The van der Waals surface area contributed by atoms with Gasteiger partial charge in [0, 0.05) is 19.1 Å². The molecule has 0 aromatic carbocycles. The Hall–Kier alpha value is -0.120. The molecule has 0 aromatic rings. The minimum atomic E-state index is 0.701. The molecule has 3 nitrogen and oxygen atoms in total. The topological polar surface area (TPSA) is 18.5 Å². The average Bonchev–Trinajstić information content (AvgIpc) is 2.31. The van der Waals surface area contributed by atoms with E-state index < -0.39 is 0 Å². The first-order chi connectivity index (χ1) is 8.13. The Labute approximate surface area is 109 Å². The molecule has 0 saturated carbocycles. The smallest absolute Gasteiger partial charge is 0.0109 e. The number of nitrogens with one attached hydrogen (secondary N) is 1. The van der Waals surface area contributed by atoms with Gasteiger partial charge in [0.15, 0.2) is 0 Å². The van der Waals surface area contributed by atoms with Gasteiger partial charge >= 0.3 is 0 Å². The normalized spacial score (nSPS) is 13.6. The Balaban J connectivity index is 3.75. The van der Waals surface area contributed by atoms with Gasteiger partial charge in [-0.05, 0) is 59.9 Å². The molecule has 104 valence electrons. The molecule has 0 spiro atoms. The van der Waals surface area contributed by atoms with Crippen LogP contribution in [0.2, 0.25) is 0 Å². The fourth-order valence-electron chi connectivity index (χ4n) is 2.11. The molecule has 0 aromatic heterocycles. The zero-order valence-corrected chi connectivity index (χ0v) is 12.6. The molecule has 0 rings (SSSR count). The Morgan fingerprint density at radius 1 is 1.00 bits per heavy atom. The van der Waals surface area contributed by atoms with Gasteiger partial charge in [-0.25, -0.2) is 0 Å². The van der Waals surface area contributed by atoms with Crippen LogP contribution in [0.3, 0.4) is 0 Å². The van der Waals surface area contributed by atoms with Crippen LogP contribution in [0.4, 0.5) is 0 Å². The fourth-order valence-corrected chi connectivity index (χ4v) is 2.11. The summed E-state index contributed by atoms with van der Waals surface area (Å²) in [6.45, 7) is 9.40. The van der Waals surface area contributed by atoms with E-state index in [-0.39, 0.29) is 0 Å². The average molecular weight is 243 g/mol. The molecule has 0 aliphatic rings. The molecule has 0 heterocycles. The molecule has 0 saturated heterocycles. The van der Waals surface area contributed by atoms with Crippen LogP contribution in [0.5, 0.6) is 0 Å². The summed E-state index contributed by atoms with van der Waals surface area (Å²) in [6, 6.07) is 0.701. The first-order valence-corrected chi connectivity index (χ1v) is 7.18. The van der Waals surface area contributed by atoms with Gasteiger partial charge in [-0.1, -0.05) is 13.8 Å². The van der Waals surface area contributed by atoms with E-state index in [4.69, 9.17) is 0 Å². The van der Waals surface area contributed by atoms with Crippen LogP contribution < -0.4 is 5.32 Å². The van der Waals surface area contributed by atoms with E-state index in [1.165, 1.54) is 51.9 Å². The number of hydrogen-bond acceptors (Lipinski definition) is 3. The minimum Gasteiger partial charge on any atom is -0.317 e. The van der Waals surface area contributed by atoms with Crippen LogP contribution in [0, 0.1) is 0 Å². The van der Waals surface area contributed by atoms with E-state index in [1.807, 2.05) is 0 Å². The largest absolute Gasteiger partial charge is 0.317 e. The highest BCUT2D eigenvalue weighted by Gasteiger charge is 2.07. The van der Waals surface area contributed by atoms with Gasteiger partial charge in [0.25, 0.3) is 0 Å². The molecule has 0 bridgehead atoms. The van der Waals surface area contributed by atoms with Crippen molar-refractivity contribution in [3.8, 4) is 0 Å². The summed E-state index contributed by atoms with van der Waals surface area (Å²) in [5.41, 5.74) is 0. The Kier molecular flexibility index (Phi) is 10.9. The predicted octanol–water partition coefficient (Wildman–Crippen LogP) is 2.04. The van der Waals surface area contributed by atoms with Crippen LogP contribution in [-0.2, 0) is 0 Å². The van der Waals surface area contributed by atoms with Crippen LogP contribution in [0.1, 0.15) is 39.5 Å². The second kappa shape index (κ2) is 11.0. The first kappa shape index (κ1) is 16.9. The van der Waals surface area contributed by atoms with Crippen LogP contribution in [0.15, 0.2) is 0 Å². The summed E-state index contributed by atoms with van der Waals surface area (Å²) < 4.78 is 0. The Bertz CT molecular complexity index is 156. The van der Waals surface area contributed by atoms with Crippen molar-refractivity contribution in [3.63, 3.8) is 0 Å². The summed E-state index contributed by atoms with van der Waals surface area (Å²) in [6.07, 6.45) is 5.11. The SMILES string of the molecule is CCCN(CCCC(CC)NC)CCN(C)C. The van der Waals surface area contributed by atoms with Crippen LogP contribution in [-0.4, -0.2) is 63.2 Å². The lowest BCUT2D eigenvalue weighted by molar-refractivity contribution is 0.234.